The normalized spacial score (nSPS) is 22.2. The smallest absolute Gasteiger partial charge is 0.241 e. The molecule has 0 aromatic heterocycles. The van der Waals surface area contributed by atoms with Crippen LogP contribution in [0.25, 0.3) is 0 Å². The maximum atomic E-state index is 11.8. The van der Waals surface area contributed by atoms with Crippen molar-refractivity contribution in [3.05, 3.63) is 0 Å². The third-order valence-corrected chi connectivity index (χ3v) is 4.89. The van der Waals surface area contributed by atoms with Gasteiger partial charge in [-0.1, -0.05) is 6.42 Å². The van der Waals surface area contributed by atoms with Gasteiger partial charge in [-0.2, -0.15) is 0 Å². The number of likely N-dealkylation sites (tertiary alicyclic amines) is 2. The lowest BCUT2D eigenvalue weighted by atomic mass is 10.1. The summed E-state index contributed by atoms with van der Waals surface area (Å²) in [4.78, 5) is 21.3. The second kappa shape index (κ2) is 11.3. The zero-order valence-electron chi connectivity index (χ0n) is 15.9. The molecule has 144 valence electrons. The number of piperidine rings is 1. The van der Waals surface area contributed by atoms with Gasteiger partial charge in [-0.15, -0.1) is 0 Å². The lowest BCUT2D eigenvalue weighted by molar-refractivity contribution is -0.119. The lowest BCUT2D eigenvalue weighted by Gasteiger charge is -2.29. The summed E-state index contributed by atoms with van der Waals surface area (Å²) in [5.74, 6) is 1.51. The Labute approximate surface area is 152 Å². The molecule has 0 spiro atoms. The molecule has 7 heteroatoms. The minimum atomic E-state index is -0.0588. The monoisotopic (exact) mass is 353 g/mol. The van der Waals surface area contributed by atoms with E-state index in [4.69, 9.17) is 4.74 Å². The van der Waals surface area contributed by atoms with Crippen molar-refractivity contribution in [3.8, 4) is 0 Å². The number of guanidine groups is 1. The molecule has 2 fully saturated rings. The van der Waals surface area contributed by atoms with Gasteiger partial charge in [0.1, 0.15) is 6.54 Å². The van der Waals surface area contributed by atoms with Crippen molar-refractivity contribution >= 4 is 11.9 Å². The van der Waals surface area contributed by atoms with Crippen molar-refractivity contribution < 1.29 is 9.53 Å². The average molecular weight is 354 g/mol. The van der Waals surface area contributed by atoms with E-state index >= 15 is 0 Å². The van der Waals surface area contributed by atoms with Gasteiger partial charge in [0.25, 0.3) is 0 Å². The largest absolute Gasteiger partial charge is 0.383 e. The van der Waals surface area contributed by atoms with Crippen LogP contribution in [0.4, 0.5) is 0 Å². The van der Waals surface area contributed by atoms with E-state index in [9.17, 15) is 4.79 Å². The number of aliphatic imine (C=N–C) groups is 1. The van der Waals surface area contributed by atoms with Crippen LogP contribution in [0, 0.1) is 5.92 Å². The number of nitrogens with zero attached hydrogens (tertiary/aromatic N) is 3. The Kier molecular flexibility index (Phi) is 9.04. The van der Waals surface area contributed by atoms with Gasteiger partial charge >= 0.3 is 0 Å². The summed E-state index contributed by atoms with van der Waals surface area (Å²) in [6, 6.07) is 0. The molecule has 2 saturated heterocycles. The third-order valence-electron chi connectivity index (χ3n) is 4.89. The number of ether oxygens (including phenoxy) is 1. The van der Waals surface area contributed by atoms with Crippen LogP contribution in [0.3, 0.4) is 0 Å². The highest BCUT2D eigenvalue weighted by atomic mass is 16.5. The van der Waals surface area contributed by atoms with E-state index in [2.05, 4.69) is 32.3 Å². The van der Waals surface area contributed by atoms with Crippen molar-refractivity contribution in [1.29, 1.82) is 0 Å². The molecule has 2 aliphatic rings. The summed E-state index contributed by atoms with van der Waals surface area (Å²) < 4.78 is 4.94. The minimum absolute atomic E-state index is 0.0588. The van der Waals surface area contributed by atoms with Gasteiger partial charge in [0.15, 0.2) is 5.96 Å². The highest BCUT2D eigenvalue weighted by Gasteiger charge is 2.27. The average Bonchev–Trinajstić information content (AvgIpc) is 3.08. The molecule has 0 aliphatic carbocycles. The fourth-order valence-corrected chi connectivity index (χ4v) is 3.60. The molecule has 0 saturated carbocycles. The molecule has 2 aliphatic heterocycles. The zero-order chi connectivity index (χ0) is 17.9. The molecule has 1 unspecified atom stereocenters. The maximum Gasteiger partial charge on any atom is 0.241 e. The number of nitrogens with one attached hydrogen (secondary N) is 2. The molecule has 2 rings (SSSR count). The van der Waals surface area contributed by atoms with Crippen LogP contribution in [-0.2, 0) is 9.53 Å². The number of hydrogen-bond donors (Lipinski definition) is 2. The zero-order valence-corrected chi connectivity index (χ0v) is 15.9. The van der Waals surface area contributed by atoms with Gasteiger partial charge in [0, 0.05) is 39.8 Å². The highest BCUT2D eigenvalue weighted by molar-refractivity contribution is 5.85. The molecule has 2 N–H and O–H groups in total. The quantitative estimate of drug-likeness (QED) is 0.378. The molecular formula is C18H35N5O2. The molecule has 7 nitrogen and oxygen atoms in total. The van der Waals surface area contributed by atoms with Crippen molar-refractivity contribution in [3.63, 3.8) is 0 Å². The molecule has 1 atom stereocenters. The Morgan fingerprint density at radius 1 is 1.20 bits per heavy atom. The van der Waals surface area contributed by atoms with Crippen LogP contribution in [0.2, 0.25) is 0 Å². The van der Waals surface area contributed by atoms with Crippen LogP contribution in [0.1, 0.15) is 32.6 Å². The van der Waals surface area contributed by atoms with Crippen molar-refractivity contribution in [1.82, 2.24) is 20.4 Å². The fourth-order valence-electron chi connectivity index (χ4n) is 3.60. The summed E-state index contributed by atoms with van der Waals surface area (Å²) >= 11 is 0. The summed E-state index contributed by atoms with van der Waals surface area (Å²) in [5.41, 5.74) is 0. The van der Waals surface area contributed by atoms with Crippen LogP contribution in [0.5, 0.6) is 0 Å². The fraction of sp³-hybridized carbons (Fsp3) is 0.889. The third kappa shape index (κ3) is 7.20. The number of carbonyl (C=O) groups excluding carboxylic acids is 1. The number of methoxy groups -OCH3 is 1. The molecule has 2 heterocycles. The molecular weight excluding hydrogens is 318 g/mol. The predicted molar refractivity (Wildman–Crippen MR) is 101 cm³/mol. The Balaban J connectivity index is 1.78. The van der Waals surface area contributed by atoms with Crippen LogP contribution >= 0.6 is 0 Å². The van der Waals surface area contributed by atoms with E-state index in [1.165, 1.54) is 45.3 Å². The van der Waals surface area contributed by atoms with Gasteiger partial charge in [0.2, 0.25) is 5.91 Å². The van der Waals surface area contributed by atoms with E-state index in [-0.39, 0.29) is 12.5 Å². The first-order valence-electron chi connectivity index (χ1n) is 9.74. The van der Waals surface area contributed by atoms with Gasteiger partial charge in [-0.05, 0) is 45.2 Å². The summed E-state index contributed by atoms with van der Waals surface area (Å²) in [6.45, 7) is 9.88. The minimum Gasteiger partial charge on any atom is -0.383 e. The SMILES string of the molecule is CCNC(=NCC(=O)NCCOC)N1CCC(CN2CCCCC2)C1. The van der Waals surface area contributed by atoms with E-state index in [1.54, 1.807) is 7.11 Å². The Morgan fingerprint density at radius 3 is 2.72 bits per heavy atom. The lowest BCUT2D eigenvalue weighted by Crippen LogP contribution is -2.42. The van der Waals surface area contributed by atoms with Crippen molar-refractivity contribution in [2.45, 2.75) is 32.6 Å². The summed E-state index contributed by atoms with van der Waals surface area (Å²) in [7, 11) is 1.63. The molecule has 1 amide bonds. The summed E-state index contributed by atoms with van der Waals surface area (Å²) in [6.07, 6.45) is 5.29. The maximum absolute atomic E-state index is 11.8. The number of hydrogen-bond acceptors (Lipinski definition) is 4. The first kappa shape index (κ1) is 20.0. The Bertz CT molecular complexity index is 424. The second-order valence-electron chi connectivity index (χ2n) is 6.97. The van der Waals surface area contributed by atoms with E-state index in [0.29, 0.717) is 19.1 Å². The Morgan fingerprint density at radius 2 is 2.00 bits per heavy atom. The predicted octanol–water partition coefficient (Wildman–Crippen LogP) is 0.522. The topological polar surface area (TPSA) is 69.2 Å². The first-order chi connectivity index (χ1) is 12.2. The van der Waals surface area contributed by atoms with Gasteiger partial charge in [-0.25, -0.2) is 4.99 Å². The van der Waals surface area contributed by atoms with Crippen LogP contribution < -0.4 is 10.6 Å². The first-order valence-corrected chi connectivity index (χ1v) is 9.74. The Hall–Kier alpha value is -1.34. The van der Waals surface area contributed by atoms with Crippen LogP contribution in [-0.4, -0.2) is 87.7 Å². The van der Waals surface area contributed by atoms with Crippen molar-refractivity contribution in [2.24, 2.45) is 10.9 Å². The van der Waals surface area contributed by atoms with Gasteiger partial charge in [0.05, 0.1) is 6.61 Å². The standard InChI is InChI=1S/C18H35N5O2/c1-3-19-18(21-13-17(24)20-8-12-25-2)23-11-7-16(15-23)14-22-9-5-4-6-10-22/h16H,3-15H2,1-2H3,(H,19,21)(H,20,24). The van der Waals surface area contributed by atoms with E-state index in [0.717, 1.165) is 25.6 Å². The summed E-state index contributed by atoms with van der Waals surface area (Å²) in [5, 5.41) is 6.14. The molecule has 25 heavy (non-hydrogen) atoms. The van der Waals surface area contributed by atoms with Gasteiger partial charge < -0.3 is 25.2 Å². The van der Waals surface area contributed by atoms with E-state index in [1.807, 2.05) is 0 Å². The number of carbonyl (C=O) groups is 1. The second-order valence-corrected chi connectivity index (χ2v) is 6.97. The van der Waals surface area contributed by atoms with Crippen LogP contribution in [0.15, 0.2) is 4.99 Å². The number of amides is 1. The molecule has 0 radical (unpaired) electrons. The molecule has 0 bridgehead atoms. The molecule has 0 aromatic carbocycles. The molecule has 0 aromatic rings. The van der Waals surface area contributed by atoms with E-state index < -0.39 is 0 Å². The van der Waals surface area contributed by atoms with Gasteiger partial charge in [-0.3, -0.25) is 4.79 Å². The highest BCUT2D eigenvalue weighted by Crippen LogP contribution is 2.19. The van der Waals surface area contributed by atoms with Crippen molar-refractivity contribution in [2.75, 3.05) is 66.1 Å². The number of rotatable bonds is 8.